The van der Waals surface area contributed by atoms with Crippen LogP contribution >= 0.6 is 0 Å². The maximum absolute atomic E-state index is 6.39. The van der Waals surface area contributed by atoms with Gasteiger partial charge in [0.1, 0.15) is 11.1 Å². The van der Waals surface area contributed by atoms with Gasteiger partial charge in [-0.1, -0.05) is 116 Å². The van der Waals surface area contributed by atoms with Crippen LogP contribution in [0.3, 0.4) is 0 Å². The van der Waals surface area contributed by atoms with Crippen molar-refractivity contribution >= 4 is 32.8 Å². The van der Waals surface area contributed by atoms with E-state index in [1.165, 1.54) is 38.9 Å². The summed E-state index contributed by atoms with van der Waals surface area (Å²) < 4.78 is 6.39. The molecule has 4 aromatic heterocycles. The molecule has 4 aromatic carbocycles. The van der Waals surface area contributed by atoms with Crippen LogP contribution in [0.5, 0.6) is 0 Å². The summed E-state index contributed by atoms with van der Waals surface area (Å²) in [7, 11) is 0. The van der Waals surface area contributed by atoms with Gasteiger partial charge >= 0.3 is 0 Å². The maximum atomic E-state index is 6.39. The molecule has 8 rings (SSSR count). The fourth-order valence-electron chi connectivity index (χ4n) is 6.40. The predicted octanol–water partition coefficient (Wildman–Crippen LogP) is 12.0. The van der Waals surface area contributed by atoms with E-state index in [1.54, 1.807) is 0 Å². The van der Waals surface area contributed by atoms with Crippen LogP contribution in [0.4, 0.5) is 0 Å². The number of nitrogens with zero attached hydrogens (tertiary/aromatic N) is 3. The molecular formula is C46H41IrN3O-2. The van der Waals surface area contributed by atoms with Crippen molar-refractivity contribution in [1.29, 1.82) is 0 Å². The summed E-state index contributed by atoms with van der Waals surface area (Å²) in [5.41, 5.74) is 15.3. The first-order chi connectivity index (χ1) is 24.1. The molecule has 0 unspecified atom stereocenters. The van der Waals surface area contributed by atoms with E-state index < -0.39 is 0 Å². The fraction of sp³-hybridized carbons (Fsp3) is 0.196. The van der Waals surface area contributed by atoms with Crippen molar-refractivity contribution in [3.8, 4) is 33.6 Å². The van der Waals surface area contributed by atoms with Gasteiger partial charge in [0.25, 0.3) is 0 Å². The molecule has 0 atom stereocenters. The summed E-state index contributed by atoms with van der Waals surface area (Å²) in [5.74, 6) is 0. The second-order valence-electron chi connectivity index (χ2n) is 14.4. The predicted molar refractivity (Wildman–Crippen MR) is 207 cm³/mol. The van der Waals surface area contributed by atoms with Crippen molar-refractivity contribution in [3.63, 3.8) is 0 Å². The maximum Gasteiger partial charge on any atom is 0.147 e. The van der Waals surface area contributed by atoms with Gasteiger partial charge in [0, 0.05) is 49.5 Å². The van der Waals surface area contributed by atoms with Gasteiger partial charge in [0.2, 0.25) is 0 Å². The van der Waals surface area contributed by atoms with E-state index in [-0.39, 0.29) is 25.5 Å². The van der Waals surface area contributed by atoms with Gasteiger partial charge in [-0.05, 0) is 66.8 Å². The zero-order chi connectivity index (χ0) is 35.0. The standard InChI is InChI=1S/C26H23N2O.C20H18N.Ir/c1-16-15-28-22(13-18(16)14-26(2,3)4)21-9-5-8-19-20-11-10-17-7-6-12-27-23(17)25(20)29-24(19)21;1-14-9-10-18(20-11-15(2)16(3)13-21-20)12-19(14)17-7-5-4-6-8-17;/h5-8,10-13,15H,14H2,1-4H3;4-9,11-13H,1-3H3;/q2*-1;. The minimum absolute atomic E-state index is 0. The van der Waals surface area contributed by atoms with Gasteiger partial charge in [0.05, 0.1) is 5.58 Å². The second-order valence-corrected chi connectivity index (χ2v) is 14.4. The molecule has 5 heteroatoms. The molecule has 4 nitrogen and oxygen atoms in total. The Balaban J connectivity index is 0.000000181. The summed E-state index contributed by atoms with van der Waals surface area (Å²) >= 11 is 0. The third kappa shape index (κ3) is 7.56. The van der Waals surface area contributed by atoms with Crippen LogP contribution in [0.2, 0.25) is 0 Å². The Morgan fingerprint density at radius 1 is 0.667 bits per heavy atom. The fourth-order valence-corrected chi connectivity index (χ4v) is 6.40. The summed E-state index contributed by atoms with van der Waals surface area (Å²) in [6.07, 6.45) is 6.70. The SMILES string of the molecule is Cc1cnc(-c2[c-]cc(C)c(-c3ccccc3)c2)cc1C.Cc1cnc(-c2[c-]ccc3c2oc2c3ccc3cccnc32)cc1CC(C)(C)C.[Ir]. The molecule has 0 N–H and O–H groups in total. The Morgan fingerprint density at radius 2 is 1.41 bits per heavy atom. The first-order valence-electron chi connectivity index (χ1n) is 17.1. The van der Waals surface area contributed by atoms with E-state index in [4.69, 9.17) is 9.40 Å². The summed E-state index contributed by atoms with van der Waals surface area (Å²) in [5, 5.41) is 3.22. The van der Waals surface area contributed by atoms with E-state index in [9.17, 15) is 0 Å². The molecule has 257 valence electrons. The summed E-state index contributed by atoms with van der Waals surface area (Å²) in [6.45, 7) is 15.2. The first-order valence-corrected chi connectivity index (χ1v) is 17.1. The molecule has 0 saturated carbocycles. The minimum Gasteiger partial charge on any atom is -0.498 e. The number of rotatable bonds is 4. The number of pyridine rings is 3. The van der Waals surface area contributed by atoms with Gasteiger partial charge in [-0.3, -0.25) is 4.98 Å². The topological polar surface area (TPSA) is 51.8 Å². The Morgan fingerprint density at radius 3 is 2.18 bits per heavy atom. The zero-order valence-electron chi connectivity index (χ0n) is 30.2. The monoisotopic (exact) mass is 844 g/mol. The van der Waals surface area contributed by atoms with Crippen LogP contribution in [-0.2, 0) is 26.5 Å². The molecule has 0 amide bonds. The molecule has 51 heavy (non-hydrogen) atoms. The van der Waals surface area contributed by atoms with E-state index in [0.29, 0.717) is 0 Å². The molecule has 0 aliphatic carbocycles. The van der Waals surface area contributed by atoms with Crippen molar-refractivity contribution in [2.45, 2.75) is 54.9 Å². The van der Waals surface area contributed by atoms with E-state index in [0.717, 1.165) is 61.8 Å². The number of hydrogen-bond acceptors (Lipinski definition) is 4. The zero-order valence-corrected chi connectivity index (χ0v) is 32.6. The quantitative estimate of drug-likeness (QED) is 0.166. The number of furan rings is 1. The minimum atomic E-state index is 0. The summed E-state index contributed by atoms with van der Waals surface area (Å²) in [6, 6.07) is 38.0. The summed E-state index contributed by atoms with van der Waals surface area (Å²) in [4.78, 5) is 13.8. The molecular weight excluding hydrogens is 803 g/mol. The first kappa shape index (κ1) is 35.9. The smallest absolute Gasteiger partial charge is 0.147 e. The van der Waals surface area contributed by atoms with Gasteiger partial charge in [0.15, 0.2) is 0 Å². The normalized spacial score (nSPS) is 11.4. The third-order valence-corrected chi connectivity index (χ3v) is 9.25. The van der Waals surface area contributed by atoms with Crippen LogP contribution in [-0.4, -0.2) is 15.0 Å². The van der Waals surface area contributed by atoms with Crippen molar-refractivity contribution in [2.24, 2.45) is 5.41 Å². The van der Waals surface area contributed by atoms with E-state index >= 15 is 0 Å². The number of benzene rings is 4. The molecule has 0 spiro atoms. The molecule has 4 heterocycles. The van der Waals surface area contributed by atoms with Crippen LogP contribution < -0.4 is 0 Å². The Kier molecular flexibility index (Phi) is 10.3. The Labute approximate surface area is 314 Å². The van der Waals surface area contributed by atoms with Gasteiger partial charge in [-0.15, -0.1) is 47.5 Å². The number of aromatic nitrogens is 3. The van der Waals surface area contributed by atoms with Gasteiger partial charge in [-0.25, -0.2) is 0 Å². The van der Waals surface area contributed by atoms with Crippen LogP contribution in [0.1, 0.15) is 48.6 Å². The molecule has 0 aliphatic rings. The van der Waals surface area contributed by atoms with Crippen LogP contribution in [0, 0.1) is 45.2 Å². The largest absolute Gasteiger partial charge is 0.498 e. The average Bonchev–Trinajstić information content (AvgIpc) is 3.50. The number of aryl methyl sites for hydroxylation is 4. The molecule has 0 bridgehead atoms. The van der Waals surface area contributed by atoms with Gasteiger partial charge in [-0.2, -0.15) is 0 Å². The molecule has 0 saturated heterocycles. The van der Waals surface area contributed by atoms with Crippen molar-refractivity contribution in [2.75, 3.05) is 0 Å². The van der Waals surface area contributed by atoms with E-state index in [1.807, 2.05) is 36.8 Å². The third-order valence-electron chi connectivity index (χ3n) is 9.25. The number of hydrogen-bond donors (Lipinski definition) is 0. The molecule has 0 fully saturated rings. The van der Waals surface area contributed by atoms with Crippen molar-refractivity contribution in [1.82, 2.24) is 15.0 Å². The Bertz CT molecular complexity index is 2490. The van der Waals surface area contributed by atoms with Crippen molar-refractivity contribution in [3.05, 3.63) is 150 Å². The molecule has 0 aliphatic heterocycles. The van der Waals surface area contributed by atoms with Crippen LogP contribution in [0.15, 0.2) is 114 Å². The molecule has 8 aromatic rings. The Hall–Kier alpha value is -4.96. The van der Waals surface area contributed by atoms with Crippen LogP contribution in [0.25, 0.3) is 66.5 Å². The number of fused-ring (bicyclic) bond motifs is 5. The average molecular weight is 844 g/mol. The van der Waals surface area contributed by atoms with Gasteiger partial charge < -0.3 is 14.4 Å². The second kappa shape index (κ2) is 14.7. The molecule has 1 radical (unpaired) electrons. The van der Waals surface area contributed by atoms with E-state index in [2.05, 4.69) is 143 Å². The van der Waals surface area contributed by atoms with Crippen molar-refractivity contribution < 1.29 is 24.5 Å².